The standard InChI is InChI=1S/C33H31F3N6O5S/c1-19-12-21(47-28-7-3-2-6-23(28)34)8-9-26(19)42-32(37)22(16-38-42)31(43)25-13-20-14-29(46-17-30(35)36)27(15-24(20)39-25)41-18-33(10-4-5-11-33)40-48(41,44)45/h2-3,6-9,12-16,30,39-40H,4-5,10-11,17-18,37H2,1H3. The quantitative estimate of drug-likeness (QED) is 0.162. The molecule has 5 aromatic rings. The monoisotopic (exact) mass is 680 g/mol. The lowest BCUT2D eigenvalue weighted by atomic mass is 9.99. The van der Waals surface area contributed by atoms with Gasteiger partial charge in [0.15, 0.2) is 11.6 Å². The average molecular weight is 681 g/mol. The zero-order valence-electron chi connectivity index (χ0n) is 25.7. The summed E-state index contributed by atoms with van der Waals surface area (Å²) in [6.07, 6.45) is 1.63. The minimum absolute atomic E-state index is 0.0496. The van der Waals surface area contributed by atoms with E-state index in [-0.39, 0.29) is 40.8 Å². The number of H-pyrrole nitrogens is 1. The topological polar surface area (TPSA) is 145 Å². The third-order valence-electron chi connectivity index (χ3n) is 8.73. The van der Waals surface area contributed by atoms with Gasteiger partial charge < -0.3 is 20.2 Å². The second-order valence-corrected chi connectivity index (χ2v) is 13.7. The number of carbonyl (C=O) groups is 1. The second-order valence-electron chi connectivity index (χ2n) is 12.1. The SMILES string of the molecule is Cc1cc(Oc2ccccc2F)ccc1-n1ncc(C(=O)c2cc3cc(OCC(F)F)c(N4CC5(CCCC5)NS4(=O)=O)cc3[nH]2)c1N. The van der Waals surface area contributed by atoms with Crippen LogP contribution in [0.1, 0.15) is 47.3 Å². The molecule has 2 aliphatic rings. The van der Waals surface area contributed by atoms with Crippen molar-refractivity contribution in [3.05, 3.63) is 89.5 Å². The number of nitrogens with one attached hydrogen (secondary N) is 2. The summed E-state index contributed by atoms with van der Waals surface area (Å²) >= 11 is 0. The van der Waals surface area contributed by atoms with Gasteiger partial charge in [0, 0.05) is 10.9 Å². The highest BCUT2D eigenvalue weighted by atomic mass is 32.2. The highest BCUT2D eigenvalue weighted by molar-refractivity contribution is 7.91. The first-order valence-corrected chi connectivity index (χ1v) is 16.7. The Morgan fingerprint density at radius 3 is 2.56 bits per heavy atom. The Hall–Kier alpha value is -5.02. The zero-order valence-corrected chi connectivity index (χ0v) is 26.5. The number of ketones is 1. The van der Waals surface area contributed by atoms with E-state index in [0.717, 1.165) is 17.1 Å². The fraction of sp³-hybridized carbons (Fsp3) is 0.273. The second kappa shape index (κ2) is 11.9. The highest BCUT2D eigenvalue weighted by Gasteiger charge is 2.49. The van der Waals surface area contributed by atoms with Crippen LogP contribution in [0, 0.1) is 12.7 Å². The first-order chi connectivity index (χ1) is 22.9. The molecular weight excluding hydrogens is 649 g/mol. The van der Waals surface area contributed by atoms with Crippen LogP contribution in [0.2, 0.25) is 0 Å². The Kier molecular flexibility index (Phi) is 7.83. The zero-order chi connectivity index (χ0) is 33.8. The number of nitrogens with zero attached hydrogens (tertiary/aromatic N) is 3. The molecule has 0 unspecified atom stereocenters. The van der Waals surface area contributed by atoms with E-state index in [1.54, 1.807) is 37.3 Å². The normalized spacial score (nSPS) is 16.7. The van der Waals surface area contributed by atoms with Crippen molar-refractivity contribution in [3.63, 3.8) is 0 Å². The molecular formula is C33H31F3N6O5S. The number of ether oxygens (including phenoxy) is 2. The largest absolute Gasteiger partial charge is 0.485 e. The average Bonchev–Trinajstić information content (AvgIpc) is 3.82. The lowest BCUT2D eigenvalue weighted by Gasteiger charge is -2.22. The summed E-state index contributed by atoms with van der Waals surface area (Å²) in [4.78, 5) is 16.7. The number of alkyl halides is 2. The molecule has 0 bridgehead atoms. The molecule has 0 atom stereocenters. The lowest BCUT2D eigenvalue weighted by Crippen LogP contribution is -2.40. The van der Waals surface area contributed by atoms with Crippen LogP contribution in [0.25, 0.3) is 16.6 Å². The molecule has 15 heteroatoms. The maximum absolute atomic E-state index is 14.1. The molecule has 3 aromatic carbocycles. The number of para-hydroxylation sites is 1. The van der Waals surface area contributed by atoms with Gasteiger partial charge in [-0.2, -0.15) is 18.2 Å². The van der Waals surface area contributed by atoms with E-state index in [1.807, 2.05) is 0 Å². The van der Waals surface area contributed by atoms with Gasteiger partial charge in [-0.05, 0) is 73.9 Å². The van der Waals surface area contributed by atoms with Crippen molar-refractivity contribution < 1.29 is 35.9 Å². The van der Waals surface area contributed by atoms with E-state index in [4.69, 9.17) is 15.2 Å². The third-order valence-corrected chi connectivity index (χ3v) is 10.3. The number of fused-ring (bicyclic) bond motifs is 1. The predicted molar refractivity (Wildman–Crippen MR) is 173 cm³/mol. The van der Waals surface area contributed by atoms with Crippen molar-refractivity contribution >= 4 is 38.4 Å². The number of hydrogen-bond donors (Lipinski definition) is 3. The minimum atomic E-state index is -3.98. The summed E-state index contributed by atoms with van der Waals surface area (Å²) in [6.45, 7) is 0.982. The number of benzene rings is 3. The van der Waals surface area contributed by atoms with Gasteiger partial charge in [-0.15, -0.1) is 0 Å². The van der Waals surface area contributed by atoms with Gasteiger partial charge in [0.2, 0.25) is 5.78 Å². The van der Waals surface area contributed by atoms with Gasteiger partial charge in [0.1, 0.15) is 23.9 Å². The number of rotatable bonds is 9. The van der Waals surface area contributed by atoms with Crippen LogP contribution in [-0.2, 0) is 10.2 Å². The van der Waals surface area contributed by atoms with Crippen LogP contribution in [-0.4, -0.2) is 54.1 Å². The number of aryl methyl sites for hydroxylation is 1. The molecule has 2 aromatic heterocycles. The molecule has 48 heavy (non-hydrogen) atoms. The van der Waals surface area contributed by atoms with E-state index in [0.29, 0.717) is 40.7 Å². The Balaban J connectivity index is 1.19. The molecule has 11 nitrogen and oxygen atoms in total. The summed E-state index contributed by atoms with van der Waals surface area (Å²) in [5.74, 6) is -0.517. The molecule has 250 valence electrons. The van der Waals surface area contributed by atoms with Crippen molar-refractivity contribution in [2.75, 3.05) is 23.2 Å². The van der Waals surface area contributed by atoms with Gasteiger partial charge in [-0.25, -0.2) is 17.9 Å². The molecule has 0 radical (unpaired) electrons. The summed E-state index contributed by atoms with van der Waals surface area (Å²) in [5, 5.41) is 4.78. The lowest BCUT2D eigenvalue weighted by molar-refractivity contribution is 0.0822. The number of hydrogen-bond acceptors (Lipinski definition) is 7. The fourth-order valence-corrected chi connectivity index (χ4v) is 8.18. The van der Waals surface area contributed by atoms with Crippen molar-refractivity contribution in [1.82, 2.24) is 19.5 Å². The first kappa shape index (κ1) is 31.6. The van der Waals surface area contributed by atoms with Gasteiger partial charge in [-0.1, -0.05) is 25.0 Å². The van der Waals surface area contributed by atoms with Crippen LogP contribution in [0.4, 0.5) is 24.7 Å². The highest BCUT2D eigenvalue weighted by Crippen LogP contribution is 2.42. The number of anilines is 2. The smallest absolute Gasteiger partial charge is 0.302 e. The van der Waals surface area contributed by atoms with Crippen molar-refractivity contribution in [3.8, 4) is 22.9 Å². The summed E-state index contributed by atoms with van der Waals surface area (Å²) < 4.78 is 83.3. The first-order valence-electron chi connectivity index (χ1n) is 15.2. The Bertz CT molecular complexity index is 2160. The van der Waals surface area contributed by atoms with Gasteiger partial charge >= 0.3 is 10.2 Å². The molecule has 1 saturated carbocycles. The van der Waals surface area contributed by atoms with Crippen LogP contribution in [0.15, 0.2) is 66.9 Å². The molecule has 1 aliphatic heterocycles. The summed E-state index contributed by atoms with van der Waals surface area (Å²) in [5.41, 5.74) is 7.74. The summed E-state index contributed by atoms with van der Waals surface area (Å²) in [7, 11) is -3.98. The molecule has 0 amide bonds. The van der Waals surface area contributed by atoms with E-state index >= 15 is 0 Å². The number of aromatic nitrogens is 3. The van der Waals surface area contributed by atoms with Crippen molar-refractivity contribution in [2.24, 2.45) is 0 Å². The molecule has 1 aliphatic carbocycles. The Labute approximate surface area is 273 Å². The van der Waals surface area contributed by atoms with E-state index in [2.05, 4.69) is 14.8 Å². The minimum Gasteiger partial charge on any atom is -0.485 e. The molecule has 7 rings (SSSR count). The number of nitrogens with two attached hydrogens (primary N) is 1. The molecule has 1 saturated heterocycles. The number of aromatic amines is 1. The molecule has 4 N–H and O–H groups in total. The van der Waals surface area contributed by atoms with E-state index in [1.165, 1.54) is 41.2 Å². The number of halogens is 3. The number of carbonyl (C=O) groups excluding carboxylic acids is 1. The van der Waals surface area contributed by atoms with Crippen LogP contribution in [0.5, 0.6) is 17.2 Å². The Morgan fingerprint density at radius 2 is 1.83 bits per heavy atom. The molecule has 1 spiro atoms. The van der Waals surface area contributed by atoms with Crippen LogP contribution >= 0.6 is 0 Å². The van der Waals surface area contributed by atoms with E-state index in [9.17, 15) is 26.4 Å². The predicted octanol–water partition coefficient (Wildman–Crippen LogP) is 6.02. The summed E-state index contributed by atoms with van der Waals surface area (Å²) in [6, 6.07) is 15.5. The van der Waals surface area contributed by atoms with Gasteiger partial charge in [-0.3, -0.25) is 9.10 Å². The van der Waals surface area contributed by atoms with Crippen LogP contribution in [0.3, 0.4) is 0 Å². The van der Waals surface area contributed by atoms with E-state index < -0.39 is 40.4 Å². The Morgan fingerprint density at radius 1 is 1.06 bits per heavy atom. The third kappa shape index (κ3) is 5.72. The fourth-order valence-electron chi connectivity index (χ4n) is 6.43. The maximum Gasteiger partial charge on any atom is 0.302 e. The molecule has 3 heterocycles. The van der Waals surface area contributed by atoms with Crippen molar-refractivity contribution in [1.29, 1.82) is 0 Å². The van der Waals surface area contributed by atoms with Gasteiger partial charge in [0.25, 0.3) is 6.43 Å². The number of nitrogen functional groups attached to an aromatic ring is 1. The van der Waals surface area contributed by atoms with Crippen LogP contribution < -0.4 is 24.2 Å². The van der Waals surface area contributed by atoms with Crippen molar-refractivity contribution in [2.45, 2.75) is 44.6 Å². The maximum atomic E-state index is 14.1. The molecule has 2 fully saturated rings. The van der Waals surface area contributed by atoms with Gasteiger partial charge in [0.05, 0.1) is 40.9 Å².